The second-order valence-corrected chi connectivity index (χ2v) is 5.38. The molecule has 0 aliphatic carbocycles. The van der Waals surface area contributed by atoms with Crippen LogP contribution in [0.5, 0.6) is 5.75 Å². The molecule has 1 unspecified atom stereocenters. The summed E-state index contributed by atoms with van der Waals surface area (Å²) in [6.45, 7) is 0.652. The number of aliphatic hydroxyl groups is 3. The minimum Gasteiger partial charge on any atom is -0.595 e. The number of hydrogen-bond donors (Lipinski definition) is 6. The molecule has 134 valence electrons. The zero-order valence-electron chi connectivity index (χ0n) is 12.8. The summed E-state index contributed by atoms with van der Waals surface area (Å²) in [5, 5.41) is 50.5. The van der Waals surface area contributed by atoms with Gasteiger partial charge < -0.3 is 35.3 Å². The van der Waals surface area contributed by atoms with E-state index >= 15 is 0 Å². The van der Waals surface area contributed by atoms with Crippen LogP contribution >= 0.6 is 0 Å². The molecule has 0 bridgehead atoms. The topological polar surface area (TPSA) is 156 Å². The van der Waals surface area contributed by atoms with Gasteiger partial charge in [-0.25, -0.2) is 5.21 Å². The van der Waals surface area contributed by atoms with Crippen LogP contribution in [0.25, 0.3) is 0 Å². The second kappa shape index (κ2) is 7.85. The lowest BCUT2D eigenvalue weighted by Crippen LogP contribution is -2.99. The first kappa shape index (κ1) is 18.5. The molecule has 0 saturated carbocycles. The molecule has 6 atom stereocenters. The summed E-state index contributed by atoms with van der Waals surface area (Å²) >= 11 is 0. The van der Waals surface area contributed by atoms with E-state index < -0.39 is 48.4 Å². The van der Waals surface area contributed by atoms with Gasteiger partial charge in [-0.1, -0.05) is 6.07 Å². The van der Waals surface area contributed by atoms with Crippen molar-refractivity contribution in [3.63, 3.8) is 0 Å². The Kier molecular flexibility index (Phi) is 6.07. The number of quaternary nitrogens is 1. The van der Waals surface area contributed by atoms with Gasteiger partial charge in [-0.3, -0.25) is 4.79 Å². The molecule has 1 aromatic carbocycles. The maximum absolute atomic E-state index is 11.3. The first-order chi connectivity index (χ1) is 11.3. The zero-order chi connectivity index (χ0) is 17.9. The Bertz CT molecular complexity index is 569. The number of hydrogen-bond acceptors (Lipinski definition) is 8. The highest BCUT2D eigenvalue weighted by Crippen LogP contribution is 2.25. The monoisotopic (exact) mass is 344 g/mol. The third-order valence-electron chi connectivity index (χ3n) is 3.58. The van der Waals surface area contributed by atoms with Crippen LogP contribution in [-0.2, 0) is 9.53 Å². The molecule has 0 radical (unpaired) electrons. The maximum atomic E-state index is 11.3. The first-order valence-electron chi connectivity index (χ1n) is 7.23. The number of benzene rings is 1. The lowest BCUT2D eigenvalue weighted by Gasteiger charge is -2.42. The van der Waals surface area contributed by atoms with E-state index in [1.807, 2.05) is 0 Å². The predicted octanol–water partition coefficient (Wildman–Crippen LogP) is -2.59. The number of aliphatic hydroxyl groups excluding tert-OH is 3. The standard InChI is InChI=1S/C14H20N2O8/c1-7(18)15-11-13(20)12(19)10(6-17)24-14(11)23-9-4-2-3-8(5-9)16(21)22/h2-5,10-14,16-17,19-21H,6H2,1H3,(H,15,18)/t10-,11+,12-,13-,14-/m1/s1. The molecule has 1 amide bonds. The van der Waals surface area contributed by atoms with Crippen LogP contribution in [0, 0.1) is 5.21 Å². The Balaban J connectivity index is 2.22. The molecule has 2 rings (SSSR count). The summed E-state index contributed by atoms with van der Waals surface area (Å²) < 4.78 is 10.9. The highest BCUT2D eigenvalue weighted by atomic mass is 16.8. The smallest absolute Gasteiger partial charge is 0.223 e. The van der Waals surface area contributed by atoms with Gasteiger partial charge in [-0.05, 0) is 6.07 Å². The van der Waals surface area contributed by atoms with Gasteiger partial charge in [0.05, 0.1) is 6.61 Å². The molecule has 1 heterocycles. The van der Waals surface area contributed by atoms with Gasteiger partial charge in [0, 0.05) is 19.1 Å². The van der Waals surface area contributed by atoms with Crippen LogP contribution in [0.4, 0.5) is 5.69 Å². The molecular formula is C14H20N2O8. The molecule has 1 aromatic rings. The third kappa shape index (κ3) is 4.19. The van der Waals surface area contributed by atoms with Crippen LogP contribution in [0.1, 0.15) is 6.92 Å². The van der Waals surface area contributed by atoms with Crippen LogP contribution in [0.3, 0.4) is 0 Å². The average Bonchev–Trinajstić information content (AvgIpc) is 2.54. The van der Waals surface area contributed by atoms with Gasteiger partial charge in [0.2, 0.25) is 12.2 Å². The molecular weight excluding hydrogens is 324 g/mol. The molecule has 24 heavy (non-hydrogen) atoms. The summed E-state index contributed by atoms with van der Waals surface area (Å²) in [6.07, 6.45) is -5.20. The molecule has 6 N–H and O–H groups in total. The fourth-order valence-corrected chi connectivity index (χ4v) is 2.41. The molecule has 0 spiro atoms. The molecule has 10 nitrogen and oxygen atoms in total. The van der Waals surface area contributed by atoms with Crippen LogP contribution in [-0.4, -0.2) is 63.7 Å². The Morgan fingerprint density at radius 3 is 2.71 bits per heavy atom. The van der Waals surface area contributed by atoms with Gasteiger partial charge in [0.1, 0.15) is 30.1 Å². The van der Waals surface area contributed by atoms with Crippen molar-refractivity contribution < 1.29 is 40.0 Å². The fraction of sp³-hybridized carbons (Fsp3) is 0.500. The van der Waals surface area contributed by atoms with E-state index in [1.165, 1.54) is 31.2 Å². The Morgan fingerprint density at radius 2 is 2.12 bits per heavy atom. The third-order valence-corrected chi connectivity index (χ3v) is 3.58. The molecule has 10 heteroatoms. The van der Waals surface area contributed by atoms with E-state index in [0.29, 0.717) is 0 Å². The summed E-state index contributed by atoms with van der Waals surface area (Å²) in [5.74, 6) is -0.347. The zero-order valence-corrected chi connectivity index (χ0v) is 12.8. The summed E-state index contributed by atoms with van der Waals surface area (Å²) in [7, 11) is 0. The largest absolute Gasteiger partial charge is 0.595 e. The molecule has 1 saturated heterocycles. The highest BCUT2D eigenvalue weighted by molar-refractivity contribution is 5.73. The van der Waals surface area contributed by atoms with Gasteiger partial charge in [-0.15, -0.1) is 0 Å². The van der Waals surface area contributed by atoms with Crippen molar-refractivity contribution in [3.8, 4) is 5.75 Å². The Hall–Kier alpha value is -1.79. The van der Waals surface area contributed by atoms with Crippen molar-refractivity contribution in [2.45, 2.75) is 37.6 Å². The van der Waals surface area contributed by atoms with Crippen molar-refractivity contribution in [3.05, 3.63) is 29.5 Å². The quantitative estimate of drug-likeness (QED) is 0.318. The highest BCUT2D eigenvalue weighted by Gasteiger charge is 2.46. The number of nitrogens with one attached hydrogen (secondary N) is 2. The number of carbonyl (C=O) groups is 1. The van der Waals surface area contributed by atoms with E-state index in [4.69, 9.17) is 14.7 Å². The van der Waals surface area contributed by atoms with Crippen molar-refractivity contribution >= 4 is 11.6 Å². The maximum Gasteiger partial charge on any atom is 0.223 e. The second-order valence-electron chi connectivity index (χ2n) is 5.38. The van der Waals surface area contributed by atoms with Crippen molar-refractivity contribution in [2.24, 2.45) is 0 Å². The normalized spacial score (nSPS) is 31.3. The van der Waals surface area contributed by atoms with Crippen molar-refractivity contribution in [1.82, 2.24) is 5.32 Å². The molecule has 1 aliphatic heterocycles. The molecule has 1 aliphatic rings. The molecule has 1 fully saturated rings. The van der Waals surface area contributed by atoms with Gasteiger partial charge in [0.15, 0.2) is 5.69 Å². The van der Waals surface area contributed by atoms with Crippen LogP contribution < -0.4 is 15.3 Å². The minimum atomic E-state index is -1.44. The fourth-order valence-electron chi connectivity index (χ4n) is 2.41. The summed E-state index contributed by atoms with van der Waals surface area (Å²) in [5.41, 5.74) is -0.0151. The van der Waals surface area contributed by atoms with Crippen LogP contribution in [0.15, 0.2) is 24.3 Å². The van der Waals surface area contributed by atoms with E-state index in [9.17, 15) is 25.3 Å². The SMILES string of the molecule is CC(=O)N[C@@H]1[C@H](Oc2cccc([NH+]([O-])O)c2)O[C@H](CO)[C@@H](O)[C@@H]1O. The summed E-state index contributed by atoms with van der Waals surface area (Å²) in [6, 6.07) is 4.46. The minimum absolute atomic E-state index is 0.0151. The van der Waals surface area contributed by atoms with Gasteiger partial charge in [-0.2, -0.15) is 5.23 Å². The lowest BCUT2D eigenvalue weighted by molar-refractivity contribution is -0.991. The number of amides is 1. The van der Waals surface area contributed by atoms with Gasteiger partial charge in [0.25, 0.3) is 0 Å². The first-order valence-corrected chi connectivity index (χ1v) is 7.23. The number of rotatable bonds is 5. The predicted molar refractivity (Wildman–Crippen MR) is 78.2 cm³/mol. The molecule has 0 aromatic heterocycles. The number of ether oxygens (including phenoxy) is 2. The number of carbonyl (C=O) groups excluding carboxylic acids is 1. The van der Waals surface area contributed by atoms with Crippen molar-refractivity contribution in [2.75, 3.05) is 6.61 Å². The average molecular weight is 344 g/mol. The lowest BCUT2D eigenvalue weighted by atomic mass is 9.97. The van der Waals surface area contributed by atoms with Crippen LogP contribution in [0.2, 0.25) is 0 Å². The van der Waals surface area contributed by atoms with E-state index in [0.717, 1.165) is 0 Å². The van der Waals surface area contributed by atoms with E-state index in [1.54, 1.807) is 0 Å². The Morgan fingerprint density at radius 1 is 1.42 bits per heavy atom. The van der Waals surface area contributed by atoms with E-state index in [2.05, 4.69) is 5.32 Å². The summed E-state index contributed by atoms with van der Waals surface area (Å²) in [4.78, 5) is 11.3. The van der Waals surface area contributed by atoms with Gasteiger partial charge >= 0.3 is 0 Å². The van der Waals surface area contributed by atoms with Crippen molar-refractivity contribution in [1.29, 1.82) is 0 Å². The van der Waals surface area contributed by atoms with E-state index in [-0.39, 0.29) is 11.4 Å². The Labute approximate surface area is 137 Å².